The molecule has 2 nitrogen and oxygen atoms in total. The van der Waals surface area contributed by atoms with Crippen LogP contribution in [0.15, 0.2) is 60.0 Å². The summed E-state index contributed by atoms with van der Waals surface area (Å²) >= 11 is 1.33. The van der Waals surface area contributed by atoms with Gasteiger partial charge in [-0.25, -0.2) is 4.39 Å². The maximum absolute atomic E-state index is 13.0. The summed E-state index contributed by atoms with van der Waals surface area (Å²) in [5.41, 5.74) is 8.64. The summed E-state index contributed by atoms with van der Waals surface area (Å²) in [5, 5.41) is 2.35. The number of halogens is 1. The maximum Gasteiger partial charge on any atom is 0.196 e. The van der Waals surface area contributed by atoms with Gasteiger partial charge in [-0.1, -0.05) is 30.3 Å². The molecule has 0 bridgehead atoms. The zero-order valence-corrected chi connectivity index (χ0v) is 11.9. The van der Waals surface area contributed by atoms with Crippen LogP contribution in [0.25, 0.3) is 11.1 Å². The predicted molar refractivity (Wildman–Crippen MR) is 84.0 cm³/mol. The highest BCUT2D eigenvalue weighted by Crippen LogP contribution is 2.35. The van der Waals surface area contributed by atoms with Crippen LogP contribution >= 0.6 is 11.3 Å². The van der Waals surface area contributed by atoms with Gasteiger partial charge in [0, 0.05) is 16.5 Å². The molecule has 4 heteroatoms. The smallest absolute Gasteiger partial charge is 0.196 e. The molecule has 1 heterocycles. The van der Waals surface area contributed by atoms with Gasteiger partial charge in [0.15, 0.2) is 5.78 Å². The van der Waals surface area contributed by atoms with Crippen molar-refractivity contribution in [2.24, 2.45) is 0 Å². The molecule has 0 saturated carbocycles. The standard InChI is InChI=1S/C17H12FNOS/c18-13-8-6-12(7-9-13)16(20)15-14(10-21-17(15)19)11-4-2-1-3-5-11/h1-10H,19H2. The van der Waals surface area contributed by atoms with E-state index in [4.69, 9.17) is 5.73 Å². The number of nitrogen functional groups attached to an aromatic ring is 1. The normalized spacial score (nSPS) is 10.5. The Morgan fingerprint density at radius 3 is 2.33 bits per heavy atom. The van der Waals surface area contributed by atoms with Crippen molar-refractivity contribution in [1.29, 1.82) is 0 Å². The molecule has 3 aromatic rings. The predicted octanol–water partition coefficient (Wildman–Crippen LogP) is 4.37. The molecule has 0 aliphatic carbocycles. The van der Waals surface area contributed by atoms with Gasteiger partial charge < -0.3 is 5.73 Å². The van der Waals surface area contributed by atoms with E-state index in [9.17, 15) is 9.18 Å². The van der Waals surface area contributed by atoms with Crippen LogP contribution in [0.1, 0.15) is 15.9 Å². The Bertz CT molecular complexity index is 778. The number of nitrogens with two attached hydrogens (primary N) is 1. The van der Waals surface area contributed by atoms with E-state index in [1.54, 1.807) is 0 Å². The van der Waals surface area contributed by atoms with E-state index in [-0.39, 0.29) is 11.6 Å². The van der Waals surface area contributed by atoms with Crippen molar-refractivity contribution in [2.45, 2.75) is 0 Å². The summed E-state index contributed by atoms with van der Waals surface area (Å²) in [6, 6.07) is 15.1. The third-order valence-corrected chi connectivity index (χ3v) is 4.05. The minimum absolute atomic E-state index is 0.187. The molecule has 0 fully saturated rings. The lowest BCUT2D eigenvalue weighted by Crippen LogP contribution is -2.04. The Hall–Kier alpha value is -2.46. The van der Waals surface area contributed by atoms with Crippen molar-refractivity contribution in [3.8, 4) is 11.1 Å². The lowest BCUT2D eigenvalue weighted by atomic mass is 9.97. The van der Waals surface area contributed by atoms with Gasteiger partial charge in [0.1, 0.15) is 5.82 Å². The molecule has 0 unspecified atom stereocenters. The summed E-state index contributed by atoms with van der Waals surface area (Å²) in [6.07, 6.45) is 0. The van der Waals surface area contributed by atoms with Crippen molar-refractivity contribution in [3.63, 3.8) is 0 Å². The number of benzene rings is 2. The molecule has 0 saturated heterocycles. The number of carbonyl (C=O) groups excluding carboxylic acids is 1. The van der Waals surface area contributed by atoms with Gasteiger partial charge in [-0.15, -0.1) is 11.3 Å². The Morgan fingerprint density at radius 1 is 1.00 bits per heavy atom. The molecular formula is C17H12FNOS. The van der Waals surface area contributed by atoms with Gasteiger partial charge in [0.25, 0.3) is 0 Å². The number of carbonyl (C=O) groups is 1. The van der Waals surface area contributed by atoms with Crippen molar-refractivity contribution in [1.82, 2.24) is 0 Å². The van der Waals surface area contributed by atoms with Crippen molar-refractivity contribution in [3.05, 3.63) is 76.9 Å². The van der Waals surface area contributed by atoms with Gasteiger partial charge in [0.2, 0.25) is 0 Å². The number of anilines is 1. The van der Waals surface area contributed by atoms with E-state index in [0.29, 0.717) is 16.1 Å². The van der Waals surface area contributed by atoms with Crippen LogP contribution in [0.4, 0.5) is 9.39 Å². The van der Waals surface area contributed by atoms with Crippen LogP contribution in [0, 0.1) is 5.82 Å². The molecule has 3 rings (SSSR count). The van der Waals surface area contributed by atoms with Crippen molar-refractivity contribution in [2.75, 3.05) is 5.73 Å². The zero-order chi connectivity index (χ0) is 14.8. The second kappa shape index (κ2) is 5.50. The molecule has 2 aromatic carbocycles. The molecule has 0 amide bonds. The van der Waals surface area contributed by atoms with Crippen LogP contribution in [-0.4, -0.2) is 5.78 Å². The summed E-state index contributed by atoms with van der Waals surface area (Å²) in [7, 11) is 0. The zero-order valence-electron chi connectivity index (χ0n) is 11.0. The third-order valence-electron chi connectivity index (χ3n) is 3.24. The molecular weight excluding hydrogens is 285 g/mol. The molecule has 0 aliphatic heterocycles. The largest absolute Gasteiger partial charge is 0.390 e. The van der Waals surface area contributed by atoms with Crippen LogP contribution in [0.5, 0.6) is 0 Å². The molecule has 2 N–H and O–H groups in total. The SMILES string of the molecule is Nc1scc(-c2ccccc2)c1C(=O)c1ccc(F)cc1. The monoisotopic (exact) mass is 297 g/mol. The first-order valence-electron chi connectivity index (χ1n) is 6.39. The third kappa shape index (κ3) is 2.58. The first kappa shape index (κ1) is 13.5. The van der Waals surface area contributed by atoms with E-state index in [1.807, 2.05) is 35.7 Å². The topological polar surface area (TPSA) is 43.1 Å². The van der Waals surface area contributed by atoms with E-state index in [0.717, 1.165) is 11.1 Å². The second-order valence-corrected chi connectivity index (χ2v) is 5.50. The molecule has 21 heavy (non-hydrogen) atoms. The number of hydrogen-bond acceptors (Lipinski definition) is 3. The van der Waals surface area contributed by atoms with Gasteiger partial charge >= 0.3 is 0 Å². The fourth-order valence-electron chi connectivity index (χ4n) is 2.18. The van der Waals surface area contributed by atoms with Crippen LogP contribution in [-0.2, 0) is 0 Å². The van der Waals surface area contributed by atoms with Gasteiger partial charge in [0.05, 0.1) is 10.6 Å². The molecule has 0 atom stereocenters. The average molecular weight is 297 g/mol. The summed E-state index contributed by atoms with van der Waals surface area (Å²) < 4.78 is 13.0. The Balaban J connectivity index is 2.08. The highest BCUT2D eigenvalue weighted by Gasteiger charge is 2.19. The van der Waals surface area contributed by atoms with Gasteiger partial charge in [-0.3, -0.25) is 4.79 Å². The highest BCUT2D eigenvalue weighted by molar-refractivity contribution is 7.15. The van der Waals surface area contributed by atoms with E-state index >= 15 is 0 Å². The lowest BCUT2D eigenvalue weighted by Gasteiger charge is -2.05. The van der Waals surface area contributed by atoms with Crippen molar-refractivity contribution < 1.29 is 9.18 Å². The second-order valence-electron chi connectivity index (χ2n) is 4.59. The summed E-state index contributed by atoms with van der Waals surface area (Å²) in [5.74, 6) is -0.555. The van der Waals surface area contributed by atoms with E-state index < -0.39 is 0 Å². The van der Waals surface area contributed by atoms with Crippen molar-refractivity contribution >= 4 is 22.1 Å². The Morgan fingerprint density at radius 2 is 1.67 bits per heavy atom. The van der Waals surface area contributed by atoms with Gasteiger partial charge in [-0.2, -0.15) is 0 Å². The van der Waals surface area contributed by atoms with E-state index in [2.05, 4.69) is 0 Å². The summed E-state index contributed by atoms with van der Waals surface area (Å²) in [4.78, 5) is 12.6. The molecule has 0 radical (unpaired) electrons. The number of thiophene rings is 1. The average Bonchev–Trinajstić information content (AvgIpc) is 2.90. The quantitative estimate of drug-likeness (QED) is 0.730. The lowest BCUT2D eigenvalue weighted by molar-refractivity contribution is 0.104. The summed E-state index contributed by atoms with van der Waals surface area (Å²) in [6.45, 7) is 0. The van der Waals surface area contributed by atoms with Crippen LogP contribution in [0.2, 0.25) is 0 Å². The Labute approximate surface area is 125 Å². The fourth-order valence-corrected chi connectivity index (χ4v) is 3.00. The molecule has 0 aliphatic rings. The molecule has 0 spiro atoms. The number of hydrogen-bond donors (Lipinski definition) is 1. The first-order valence-corrected chi connectivity index (χ1v) is 7.27. The van der Waals surface area contributed by atoms with Crippen LogP contribution < -0.4 is 5.73 Å². The minimum atomic E-state index is -0.367. The van der Waals surface area contributed by atoms with E-state index in [1.165, 1.54) is 35.6 Å². The Kier molecular flexibility index (Phi) is 3.54. The first-order chi connectivity index (χ1) is 10.2. The molecule has 1 aromatic heterocycles. The number of rotatable bonds is 3. The maximum atomic E-state index is 13.0. The van der Waals surface area contributed by atoms with Crippen LogP contribution in [0.3, 0.4) is 0 Å². The fraction of sp³-hybridized carbons (Fsp3) is 0. The minimum Gasteiger partial charge on any atom is -0.390 e. The number of ketones is 1. The highest BCUT2D eigenvalue weighted by atomic mass is 32.1. The van der Waals surface area contributed by atoms with Gasteiger partial charge in [-0.05, 0) is 29.8 Å². The molecule has 104 valence electrons.